The molecule has 0 amide bonds. The van der Waals surface area contributed by atoms with Crippen molar-refractivity contribution in [1.82, 2.24) is 5.32 Å². The highest BCUT2D eigenvalue weighted by molar-refractivity contribution is 5.16. The van der Waals surface area contributed by atoms with Crippen LogP contribution in [0.4, 0.5) is 0 Å². The third kappa shape index (κ3) is 3.71. The van der Waals surface area contributed by atoms with E-state index in [1.807, 2.05) is 30.3 Å². The Morgan fingerprint density at radius 3 is 2.33 bits per heavy atom. The van der Waals surface area contributed by atoms with Crippen LogP contribution in [-0.4, -0.2) is 27.3 Å². The van der Waals surface area contributed by atoms with Crippen LogP contribution in [0.15, 0.2) is 43.1 Å². The maximum atomic E-state index is 9.07. The van der Waals surface area contributed by atoms with Crippen LogP contribution in [0.2, 0.25) is 0 Å². The Morgan fingerprint density at radius 1 is 1.27 bits per heavy atom. The molecule has 1 aromatic rings. The molecular formula is C11H15NO3. The van der Waals surface area contributed by atoms with E-state index in [1.165, 1.54) is 6.20 Å². The van der Waals surface area contributed by atoms with Crippen molar-refractivity contribution in [3.63, 3.8) is 0 Å². The Balaban J connectivity index is 2.71. The first-order valence-corrected chi connectivity index (χ1v) is 4.62. The zero-order valence-electron chi connectivity index (χ0n) is 8.30. The van der Waals surface area contributed by atoms with Crippen molar-refractivity contribution in [3.8, 4) is 0 Å². The molecule has 0 aromatic heterocycles. The van der Waals surface area contributed by atoms with E-state index in [-0.39, 0.29) is 6.42 Å². The molecule has 0 fully saturated rings. The van der Waals surface area contributed by atoms with Gasteiger partial charge in [-0.2, -0.15) is 0 Å². The van der Waals surface area contributed by atoms with Crippen molar-refractivity contribution < 1.29 is 15.3 Å². The third-order valence-corrected chi connectivity index (χ3v) is 2.07. The standard InChI is InChI=1S/C11H15NO3/c1-2-12-10(11(13,14)15)8-9-6-4-3-5-7-9/h2-7,10,12-15H,1,8H2. The highest BCUT2D eigenvalue weighted by atomic mass is 16.7. The van der Waals surface area contributed by atoms with Gasteiger partial charge in [-0.05, 0) is 11.8 Å². The van der Waals surface area contributed by atoms with Gasteiger partial charge in [0.25, 0.3) is 5.97 Å². The minimum Gasteiger partial charge on any atom is -0.381 e. The summed E-state index contributed by atoms with van der Waals surface area (Å²) in [6.07, 6.45) is 1.60. The summed E-state index contributed by atoms with van der Waals surface area (Å²) >= 11 is 0. The van der Waals surface area contributed by atoms with E-state index in [1.54, 1.807) is 0 Å². The van der Waals surface area contributed by atoms with Gasteiger partial charge in [-0.15, -0.1) is 0 Å². The molecule has 1 unspecified atom stereocenters. The Morgan fingerprint density at radius 2 is 1.87 bits per heavy atom. The molecule has 1 aromatic carbocycles. The van der Waals surface area contributed by atoms with Gasteiger partial charge in [0.2, 0.25) is 0 Å². The number of hydrogen-bond donors (Lipinski definition) is 4. The van der Waals surface area contributed by atoms with Crippen molar-refractivity contribution in [2.45, 2.75) is 18.4 Å². The Kier molecular flexibility index (Phi) is 3.85. The van der Waals surface area contributed by atoms with E-state index in [0.717, 1.165) is 5.56 Å². The average molecular weight is 209 g/mol. The van der Waals surface area contributed by atoms with E-state index >= 15 is 0 Å². The highest BCUT2D eigenvalue weighted by Gasteiger charge is 2.31. The molecule has 0 radical (unpaired) electrons. The SMILES string of the molecule is C=CNC(Cc1ccccc1)C(O)(O)O. The van der Waals surface area contributed by atoms with Gasteiger partial charge in [0.05, 0.1) is 0 Å². The summed E-state index contributed by atoms with van der Waals surface area (Å²) in [4.78, 5) is 0. The predicted molar refractivity (Wildman–Crippen MR) is 56.7 cm³/mol. The normalized spacial score (nSPS) is 13.3. The maximum absolute atomic E-state index is 9.07. The largest absolute Gasteiger partial charge is 0.381 e. The Labute approximate surface area is 88.5 Å². The van der Waals surface area contributed by atoms with E-state index in [4.69, 9.17) is 15.3 Å². The van der Waals surface area contributed by atoms with E-state index in [9.17, 15) is 0 Å². The zero-order valence-corrected chi connectivity index (χ0v) is 8.30. The van der Waals surface area contributed by atoms with Crippen LogP contribution in [0.1, 0.15) is 5.56 Å². The molecule has 0 aliphatic heterocycles. The minimum atomic E-state index is -2.76. The lowest BCUT2D eigenvalue weighted by Crippen LogP contribution is -2.50. The van der Waals surface area contributed by atoms with Gasteiger partial charge in [0, 0.05) is 6.42 Å². The van der Waals surface area contributed by atoms with E-state index < -0.39 is 12.0 Å². The maximum Gasteiger partial charge on any atom is 0.297 e. The molecule has 0 aliphatic carbocycles. The van der Waals surface area contributed by atoms with Gasteiger partial charge in [0.15, 0.2) is 0 Å². The Hall–Kier alpha value is -1.36. The van der Waals surface area contributed by atoms with Gasteiger partial charge < -0.3 is 20.6 Å². The summed E-state index contributed by atoms with van der Waals surface area (Å²) in [5.74, 6) is -2.76. The van der Waals surface area contributed by atoms with Gasteiger partial charge >= 0.3 is 0 Å². The molecule has 4 N–H and O–H groups in total. The summed E-state index contributed by atoms with van der Waals surface area (Å²) < 4.78 is 0. The van der Waals surface area contributed by atoms with Crippen molar-refractivity contribution in [1.29, 1.82) is 0 Å². The first-order valence-electron chi connectivity index (χ1n) is 4.62. The second-order valence-corrected chi connectivity index (χ2v) is 3.30. The number of aliphatic hydroxyl groups is 3. The lowest BCUT2D eigenvalue weighted by Gasteiger charge is -2.26. The molecule has 4 nitrogen and oxygen atoms in total. The fourth-order valence-corrected chi connectivity index (χ4v) is 1.30. The Bertz CT molecular complexity index is 305. The molecule has 0 heterocycles. The second kappa shape index (κ2) is 4.93. The van der Waals surface area contributed by atoms with Crippen LogP contribution in [-0.2, 0) is 6.42 Å². The van der Waals surface area contributed by atoms with Gasteiger partial charge in [-0.1, -0.05) is 36.9 Å². The zero-order chi connectivity index (χ0) is 11.3. The lowest BCUT2D eigenvalue weighted by molar-refractivity contribution is -0.325. The molecule has 0 bridgehead atoms. The number of nitrogens with one attached hydrogen (secondary N) is 1. The van der Waals surface area contributed by atoms with Crippen LogP contribution >= 0.6 is 0 Å². The molecule has 1 atom stereocenters. The van der Waals surface area contributed by atoms with Crippen LogP contribution in [0, 0.1) is 0 Å². The second-order valence-electron chi connectivity index (χ2n) is 3.30. The van der Waals surface area contributed by atoms with Gasteiger partial charge in [-0.25, -0.2) is 0 Å². The topological polar surface area (TPSA) is 72.7 Å². The molecule has 0 spiro atoms. The number of benzene rings is 1. The van der Waals surface area contributed by atoms with Crippen molar-refractivity contribution >= 4 is 0 Å². The molecule has 15 heavy (non-hydrogen) atoms. The monoisotopic (exact) mass is 209 g/mol. The predicted octanol–water partition coefficient (Wildman–Crippen LogP) is -0.0385. The average Bonchev–Trinajstić information content (AvgIpc) is 2.17. The quantitative estimate of drug-likeness (QED) is 0.513. The first-order chi connectivity index (χ1) is 7.04. The molecule has 0 saturated carbocycles. The first kappa shape index (κ1) is 11.7. The number of rotatable bonds is 5. The highest BCUT2D eigenvalue weighted by Crippen LogP contribution is 2.10. The number of hydrogen-bond acceptors (Lipinski definition) is 4. The summed E-state index contributed by atoms with van der Waals surface area (Å²) in [6, 6.07) is 8.32. The minimum absolute atomic E-state index is 0.288. The fourth-order valence-electron chi connectivity index (χ4n) is 1.30. The van der Waals surface area contributed by atoms with Crippen LogP contribution in [0.5, 0.6) is 0 Å². The lowest BCUT2D eigenvalue weighted by atomic mass is 10.0. The molecular weight excluding hydrogens is 194 g/mol. The third-order valence-electron chi connectivity index (χ3n) is 2.07. The molecule has 82 valence electrons. The van der Waals surface area contributed by atoms with Crippen molar-refractivity contribution in [2.75, 3.05) is 0 Å². The fraction of sp³-hybridized carbons (Fsp3) is 0.273. The van der Waals surface area contributed by atoms with Gasteiger partial charge in [-0.3, -0.25) is 0 Å². The summed E-state index contributed by atoms with van der Waals surface area (Å²) in [6.45, 7) is 3.41. The van der Waals surface area contributed by atoms with Crippen LogP contribution in [0.25, 0.3) is 0 Å². The van der Waals surface area contributed by atoms with Crippen molar-refractivity contribution in [3.05, 3.63) is 48.7 Å². The van der Waals surface area contributed by atoms with Crippen molar-refractivity contribution in [2.24, 2.45) is 0 Å². The molecule has 1 rings (SSSR count). The molecule has 0 aliphatic rings. The van der Waals surface area contributed by atoms with E-state index in [2.05, 4.69) is 11.9 Å². The van der Waals surface area contributed by atoms with Gasteiger partial charge in [0.1, 0.15) is 6.04 Å². The van der Waals surface area contributed by atoms with E-state index in [0.29, 0.717) is 0 Å². The van der Waals surface area contributed by atoms with Crippen LogP contribution < -0.4 is 5.32 Å². The summed E-state index contributed by atoms with van der Waals surface area (Å²) in [5, 5.41) is 29.8. The smallest absolute Gasteiger partial charge is 0.297 e. The molecule has 4 heteroatoms. The molecule has 0 saturated heterocycles. The van der Waals surface area contributed by atoms with Crippen LogP contribution in [0.3, 0.4) is 0 Å². The summed E-state index contributed by atoms with van der Waals surface area (Å²) in [5.41, 5.74) is 0.887. The summed E-state index contributed by atoms with van der Waals surface area (Å²) in [7, 11) is 0.